The molecule has 6 heteroatoms. The summed E-state index contributed by atoms with van der Waals surface area (Å²) in [4.78, 5) is 18.5. The van der Waals surface area contributed by atoms with E-state index in [4.69, 9.17) is 4.74 Å². The van der Waals surface area contributed by atoms with Crippen molar-refractivity contribution >= 4 is 5.91 Å². The second-order valence-electron chi connectivity index (χ2n) is 9.25. The molecule has 6 nitrogen and oxygen atoms in total. The highest BCUT2D eigenvalue weighted by Gasteiger charge is 2.50. The van der Waals surface area contributed by atoms with Crippen LogP contribution in [0.25, 0.3) is 0 Å². The van der Waals surface area contributed by atoms with Gasteiger partial charge in [0.05, 0.1) is 17.8 Å². The molecule has 4 heterocycles. The number of hydrogen-bond donors (Lipinski definition) is 0. The Kier molecular flexibility index (Phi) is 5.15. The lowest BCUT2D eigenvalue weighted by atomic mass is 9.87. The van der Waals surface area contributed by atoms with E-state index in [9.17, 15) is 4.79 Å². The topological polar surface area (TPSA) is 50.6 Å². The number of likely N-dealkylation sites (tertiary alicyclic amines) is 2. The first kappa shape index (κ1) is 19.8. The SMILES string of the molecule is Cc1ccccc1[C@@H]1[C@H]2CN(C3CCOCC3)C[C@H]2CN1C(=O)c1cnn(C)c1C. The van der Waals surface area contributed by atoms with Crippen LogP contribution in [0.4, 0.5) is 0 Å². The van der Waals surface area contributed by atoms with E-state index < -0.39 is 0 Å². The second-order valence-corrected chi connectivity index (χ2v) is 9.25. The van der Waals surface area contributed by atoms with E-state index in [1.165, 1.54) is 11.1 Å². The Balaban J connectivity index is 1.46. The number of nitrogens with zero attached hydrogens (tertiary/aromatic N) is 4. The number of carbonyl (C=O) groups excluding carboxylic acids is 1. The Labute approximate surface area is 178 Å². The number of aryl methyl sites for hydroxylation is 2. The van der Waals surface area contributed by atoms with Crippen LogP contribution in [0.15, 0.2) is 30.5 Å². The third-order valence-electron chi connectivity index (χ3n) is 7.63. The van der Waals surface area contributed by atoms with Gasteiger partial charge < -0.3 is 9.64 Å². The minimum Gasteiger partial charge on any atom is -0.381 e. The molecule has 3 fully saturated rings. The van der Waals surface area contributed by atoms with E-state index in [0.29, 0.717) is 17.9 Å². The number of ether oxygens (including phenoxy) is 1. The van der Waals surface area contributed by atoms with Crippen molar-refractivity contribution in [2.45, 2.75) is 38.8 Å². The lowest BCUT2D eigenvalue weighted by Gasteiger charge is -2.34. The zero-order valence-corrected chi connectivity index (χ0v) is 18.3. The zero-order valence-electron chi connectivity index (χ0n) is 18.3. The monoisotopic (exact) mass is 408 g/mol. The largest absolute Gasteiger partial charge is 0.381 e. The summed E-state index contributed by atoms with van der Waals surface area (Å²) in [5.41, 5.74) is 4.24. The summed E-state index contributed by atoms with van der Waals surface area (Å²) in [5.74, 6) is 1.13. The molecule has 0 radical (unpaired) electrons. The summed E-state index contributed by atoms with van der Waals surface area (Å²) in [6.07, 6.45) is 3.99. The third-order valence-corrected chi connectivity index (χ3v) is 7.63. The number of carbonyl (C=O) groups is 1. The summed E-state index contributed by atoms with van der Waals surface area (Å²) >= 11 is 0. The van der Waals surface area contributed by atoms with Gasteiger partial charge in [-0.05, 0) is 43.7 Å². The minimum atomic E-state index is 0.126. The first-order valence-electron chi connectivity index (χ1n) is 11.2. The van der Waals surface area contributed by atoms with Crippen molar-refractivity contribution in [2.75, 3.05) is 32.8 Å². The molecule has 30 heavy (non-hydrogen) atoms. The van der Waals surface area contributed by atoms with Crippen molar-refractivity contribution in [2.24, 2.45) is 18.9 Å². The van der Waals surface area contributed by atoms with E-state index in [-0.39, 0.29) is 11.9 Å². The molecule has 1 amide bonds. The first-order valence-corrected chi connectivity index (χ1v) is 11.2. The van der Waals surface area contributed by atoms with E-state index in [1.54, 1.807) is 10.9 Å². The molecule has 5 rings (SSSR count). The van der Waals surface area contributed by atoms with Gasteiger partial charge in [-0.25, -0.2) is 0 Å². The lowest BCUT2D eigenvalue weighted by molar-refractivity contribution is 0.0361. The van der Waals surface area contributed by atoms with Crippen molar-refractivity contribution in [3.8, 4) is 0 Å². The molecule has 1 aromatic carbocycles. The minimum absolute atomic E-state index is 0.126. The predicted octanol–water partition coefficient (Wildman–Crippen LogP) is 2.96. The average molecular weight is 409 g/mol. The Morgan fingerprint density at radius 2 is 1.87 bits per heavy atom. The van der Waals surface area contributed by atoms with Crippen LogP contribution in [-0.4, -0.2) is 64.4 Å². The van der Waals surface area contributed by atoms with Gasteiger partial charge in [0.1, 0.15) is 0 Å². The molecule has 160 valence electrons. The van der Waals surface area contributed by atoms with E-state index in [1.807, 2.05) is 14.0 Å². The van der Waals surface area contributed by atoms with Gasteiger partial charge in [-0.3, -0.25) is 14.4 Å². The Hall–Kier alpha value is -2.18. The van der Waals surface area contributed by atoms with E-state index >= 15 is 0 Å². The lowest BCUT2D eigenvalue weighted by Crippen LogP contribution is -2.41. The van der Waals surface area contributed by atoms with Gasteiger partial charge in [0, 0.05) is 57.5 Å². The molecule has 3 aliphatic heterocycles. The van der Waals surface area contributed by atoms with Crippen LogP contribution >= 0.6 is 0 Å². The summed E-state index contributed by atoms with van der Waals surface area (Å²) in [5, 5.41) is 4.32. The Morgan fingerprint density at radius 1 is 1.10 bits per heavy atom. The Bertz CT molecular complexity index is 933. The van der Waals surface area contributed by atoms with Gasteiger partial charge in [0.2, 0.25) is 0 Å². The molecule has 0 spiro atoms. The van der Waals surface area contributed by atoms with Crippen molar-refractivity contribution < 1.29 is 9.53 Å². The third kappa shape index (κ3) is 3.26. The fourth-order valence-electron chi connectivity index (χ4n) is 5.82. The molecule has 0 bridgehead atoms. The molecule has 0 unspecified atom stereocenters. The number of hydrogen-bond acceptors (Lipinski definition) is 4. The van der Waals surface area contributed by atoms with E-state index in [2.05, 4.69) is 46.1 Å². The zero-order chi connectivity index (χ0) is 20.8. The van der Waals surface area contributed by atoms with Crippen molar-refractivity contribution in [3.63, 3.8) is 0 Å². The van der Waals surface area contributed by atoms with Crippen molar-refractivity contribution in [1.82, 2.24) is 19.6 Å². The van der Waals surface area contributed by atoms with Gasteiger partial charge in [0.25, 0.3) is 5.91 Å². The van der Waals surface area contributed by atoms with Crippen LogP contribution in [0.5, 0.6) is 0 Å². The summed E-state index contributed by atoms with van der Waals surface area (Å²) < 4.78 is 7.37. The average Bonchev–Trinajstić information content (AvgIpc) is 3.42. The maximum atomic E-state index is 13.6. The Morgan fingerprint density at radius 3 is 2.57 bits per heavy atom. The molecule has 1 aromatic heterocycles. The maximum Gasteiger partial charge on any atom is 0.257 e. The highest BCUT2D eigenvalue weighted by Crippen LogP contribution is 2.47. The molecular weight excluding hydrogens is 376 g/mol. The van der Waals surface area contributed by atoms with Gasteiger partial charge in [0.15, 0.2) is 0 Å². The van der Waals surface area contributed by atoms with Crippen LogP contribution < -0.4 is 0 Å². The molecule has 0 N–H and O–H groups in total. The summed E-state index contributed by atoms with van der Waals surface area (Å²) in [7, 11) is 1.90. The predicted molar refractivity (Wildman–Crippen MR) is 115 cm³/mol. The molecule has 0 saturated carbocycles. The van der Waals surface area contributed by atoms with Crippen LogP contribution in [0, 0.1) is 25.7 Å². The molecular formula is C24H32N4O2. The number of rotatable bonds is 3. The highest BCUT2D eigenvalue weighted by atomic mass is 16.5. The van der Waals surface area contributed by atoms with Gasteiger partial charge in [-0.1, -0.05) is 24.3 Å². The maximum absolute atomic E-state index is 13.6. The number of aromatic nitrogens is 2. The summed E-state index contributed by atoms with van der Waals surface area (Å²) in [6.45, 7) is 8.90. The van der Waals surface area contributed by atoms with Gasteiger partial charge in [-0.2, -0.15) is 5.10 Å². The van der Waals surface area contributed by atoms with Crippen LogP contribution in [-0.2, 0) is 11.8 Å². The molecule has 3 aliphatic rings. The molecule has 3 atom stereocenters. The fraction of sp³-hybridized carbons (Fsp3) is 0.583. The van der Waals surface area contributed by atoms with Crippen molar-refractivity contribution in [1.29, 1.82) is 0 Å². The fourth-order valence-corrected chi connectivity index (χ4v) is 5.82. The first-order chi connectivity index (χ1) is 14.5. The van der Waals surface area contributed by atoms with E-state index in [0.717, 1.165) is 56.9 Å². The second kappa shape index (κ2) is 7.82. The number of benzene rings is 1. The molecule has 0 aliphatic carbocycles. The smallest absolute Gasteiger partial charge is 0.257 e. The van der Waals surface area contributed by atoms with Gasteiger partial charge in [-0.15, -0.1) is 0 Å². The summed E-state index contributed by atoms with van der Waals surface area (Å²) in [6, 6.07) is 9.35. The standard InChI is InChI=1S/C24H32N4O2/c1-16-6-4-5-7-20(16)23-22-15-27(19-8-10-30-11-9-19)13-18(22)14-28(23)24(29)21-12-25-26(3)17(21)2/h4-7,12,18-19,22-23H,8-11,13-15H2,1-3H3/t18-,22-,23+/m0/s1. The van der Waals surface area contributed by atoms with Crippen LogP contribution in [0.3, 0.4) is 0 Å². The quantitative estimate of drug-likeness (QED) is 0.784. The molecule has 2 aromatic rings. The highest BCUT2D eigenvalue weighted by molar-refractivity contribution is 5.95. The van der Waals surface area contributed by atoms with Crippen LogP contribution in [0.2, 0.25) is 0 Å². The normalized spacial score (nSPS) is 27.6. The van der Waals surface area contributed by atoms with Gasteiger partial charge >= 0.3 is 0 Å². The van der Waals surface area contributed by atoms with Crippen molar-refractivity contribution in [3.05, 3.63) is 52.8 Å². The molecule has 3 saturated heterocycles. The number of fused-ring (bicyclic) bond motifs is 1. The van der Waals surface area contributed by atoms with Crippen LogP contribution in [0.1, 0.15) is 46.1 Å². The number of amides is 1.